The first-order valence-electron chi connectivity index (χ1n) is 7.80. The van der Waals surface area contributed by atoms with Gasteiger partial charge in [-0.1, -0.05) is 6.92 Å². The number of amides is 1. The van der Waals surface area contributed by atoms with E-state index in [0.717, 1.165) is 12.8 Å². The summed E-state index contributed by atoms with van der Waals surface area (Å²) in [6.07, 6.45) is 2.00. The van der Waals surface area contributed by atoms with E-state index >= 15 is 0 Å². The van der Waals surface area contributed by atoms with Gasteiger partial charge in [-0.25, -0.2) is 8.42 Å². The van der Waals surface area contributed by atoms with E-state index in [9.17, 15) is 13.2 Å². The highest BCUT2D eigenvalue weighted by Crippen LogP contribution is 2.25. The molecule has 0 spiro atoms. The van der Waals surface area contributed by atoms with E-state index in [0.29, 0.717) is 5.69 Å². The Morgan fingerprint density at radius 3 is 2.48 bits per heavy atom. The molecule has 1 aromatic carbocycles. The largest absolute Gasteiger partial charge is 0.365 e. The Morgan fingerprint density at radius 2 is 1.92 bits per heavy atom. The van der Waals surface area contributed by atoms with E-state index in [4.69, 9.17) is 5.73 Å². The number of carbonyl (C=O) groups is 1. The van der Waals surface area contributed by atoms with E-state index < -0.39 is 15.7 Å². The molecule has 25 heavy (non-hydrogen) atoms. The van der Waals surface area contributed by atoms with Gasteiger partial charge < -0.3 is 16.4 Å². The van der Waals surface area contributed by atoms with Crippen LogP contribution in [0, 0.1) is 0 Å². The molecule has 1 aromatic heterocycles. The van der Waals surface area contributed by atoms with Crippen LogP contribution in [0.3, 0.4) is 0 Å². The smallest absolute Gasteiger partial charge is 0.273 e. The number of hydrogen-bond donors (Lipinski definition) is 3. The number of carbonyl (C=O) groups excluding carboxylic acids is 1. The van der Waals surface area contributed by atoms with Gasteiger partial charge in [-0.3, -0.25) is 4.79 Å². The van der Waals surface area contributed by atoms with Crippen LogP contribution in [0.15, 0.2) is 29.2 Å². The maximum absolute atomic E-state index is 11.8. The molecule has 3 rings (SSSR count). The van der Waals surface area contributed by atoms with Crippen LogP contribution in [0.4, 0.5) is 17.5 Å². The van der Waals surface area contributed by atoms with E-state index in [2.05, 4.69) is 25.8 Å². The number of anilines is 3. The van der Waals surface area contributed by atoms with Crippen LogP contribution in [0.25, 0.3) is 0 Å². The van der Waals surface area contributed by atoms with Crippen molar-refractivity contribution in [3.63, 3.8) is 0 Å². The highest BCUT2D eigenvalue weighted by atomic mass is 32.2. The van der Waals surface area contributed by atoms with Gasteiger partial charge in [0.15, 0.2) is 21.3 Å². The molecule has 2 aromatic rings. The molecule has 0 radical (unpaired) electrons. The monoisotopic (exact) mass is 362 g/mol. The van der Waals surface area contributed by atoms with E-state index in [1.54, 1.807) is 19.1 Å². The molecular weight excluding hydrogens is 344 g/mol. The summed E-state index contributed by atoms with van der Waals surface area (Å²) >= 11 is 0. The summed E-state index contributed by atoms with van der Waals surface area (Å²) in [5, 5.41) is 13.7. The Bertz CT molecular complexity index is 894. The number of nitrogens with one attached hydrogen (secondary N) is 2. The predicted molar refractivity (Wildman–Crippen MR) is 92.4 cm³/mol. The quantitative estimate of drug-likeness (QED) is 0.665. The number of nitrogens with zero attached hydrogens (tertiary/aromatic N) is 3. The van der Waals surface area contributed by atoms with Gasteiger partial charge in [-0.2, -0.15) is 4.98 Å². The molecule has 0 saturated heterocycles. The maximum atomic E-state index is 11.8. The Hall–Kier alpha value is -2.75. The summed E-state index contributed by atoms with van der Waals surface area (Å²) in [6, 6.07) is 6.51. The van der Waals surface area contributed by atoms with Crippen LogP contribution in [0.5, 0.6) is 0 Å². The Labute approximate surface area is 145 Å². The molecule has 1 amide bonds. The molecule has 0 atom stereocenters. The van der Waals surface area contributed by atoms with Gasteiger partial charge in [-0.05, 0) is 37.1 Å². The van der Waals surface area contributed by atoms with E-state index in [1.165, 1.54) is 12.1 Å². The minimum Gasteiger partial charge on any atom is -0.365 e. The van der Waals surface area contributed by atoms with Crippen molar-refractivity contribution in [2.24, 2.45) is 5.73 Å². The van der Waals surface area contributed by atoms with Crippen LogP contribution in [0.1, 0.15) is 30.3 Å². The normalized spacial score (nSPS) is 14.1. The van der Waals surface area contributed by atoms with Crippen molar-refractivity contribution in [1.82, 2.24) is 15.2 Å². The third kappa shape index (κ3) is 4.02. The fourth-order valence-electron chi connectivity index (χ4n) is 2.11. The van der Waals surface area contributed by atoms with Crippen LogP contribution in [0.2, 0.25) is 0 Å². The lowest BCUT2D eigenvalue weighted by atomic mass is 10.3. The molecule has 0 unspecified atom stereocenters. The minimum atomic E-state index is -3.25. The van der Waals surface area contributed by atoms with Gasteiger partial charge >= 0.3 is 0 Å². The van der Waals surface area contributed by atoms with Crippen molar-refractivity contribution >= 4 is 33.2 Å². The zero-order valence-electron chi connectivity index (χ0n) is 13.6. The molecule has 1 fully saturated rings. The van der Waals surface area contributed by atoms with Crippen molar-refractivity contribution in [2.45, 2.75) is 30.7 Å². The SMILES string of the molecule is CCS(=O)(=O)c1ccc(Nc2nnc(C(N)=O)c(NC3CC3)n2)cc1. The summed E-state index contributed by atoms with van der Waals surface area (Å²) < 4.78 is 23.6. The Balaban J connectivity index is 1.81. The lowest BCUT2D eigenvalue weighted by molar-refractivity contribution is 0.0995. The maximum Gasteiger partial charge on any atom is 0.273 e. The standard InChI is InChI=1S/C15H18N6O3S/c1-2-25(23,24)11-7-5-10(6-8-11)18-15-19-14(17-9-3-4-9)12(13(16)22)20-21-15/h5-9H,2-4H2,1H3,(H2,16,22)(H2,17,18,19,21). The number of sulfone groups is 1. The highest BCUT2D eigenvalue weighted by Gasteiger charge is 2.25. The second kappa shape index (κ2) is 6.63. The summed E-state index contributed by atoms with van der Waals surface area (Å²) in [5.74, 6) is -0.196. The van der Waals surface area contributed by atoms with Gasteiger partial charge in [0, 0.05) is 11.7 Å². The number of benzene rings is 1. The van der Waals surface area contributed by atoms with Crippen molar-refractivity contribution in [3.8, 4) is 0 Å². The molecule has 0 bridgehead atoms. The van der Waals surface area contributed by atoms with Gasteiger partial charge in [0.25, 0.3) is 5.91 Å². The average Bonchev–Trinajstić information content (AvgIpc) is 3.39. The molecule has 1 heterocycles. The topological polar surface area (TPSA) is 140 Å². The zero-order valence-corrected chi connectivity index (χ0v) is 14.4. The lowest BCUT2D eigenvalue weighted by Gasteiger charge is -2.10. The van der Waals surface area contributed by atoms with Crippen molar-refractivity contribution in [3.05, 3.63) is 30.0 Å². The predicted octanol–water partition coefficient (Wildman–Crippen LogP) is 1.08. The molecule has 132 valence electrons. The number of aromatic nitrogens is 3. The molecule has 1 aliphatic rings. The van der Waals surface area contributed by atoms with Crippen molar-refractivity contribution in [1.29, 1.82) is 0 Å². The second-order valence-corrected chi connectivity index (χ2v) is 7.95. The zero-order chi connectivity index (χ0) is 18.0. The molecule has 10 heteroatoms. The van der Waals surface area contributed by atoms with E-state index in [1.807, 2.05) is 0 Å². The van der Waals surface area contributed by atoms with Crippen molar-refractivity contribution < 1.29 is 13.2 Å². The van der Waals surface area contributed by atoms with Crippen LogP contribution >= 0.6 is 0 Å². The first-order chi connectivity index (χ1) is 11.9. The molecule has 4 N–H and O–H groups in total. The van der Waals surface area contributed by atoms with Crippen LogP contribution in [-0.4, -0.2) is 41.3 Å². The first-order valence-corrected chi connectivity index (χ1v) is 9.45. The van der Waals surface area contributed by atoms with Gasteiger partial charge in [0.1, 0.15) is 0 Å². The van der Waals surface area contributed by atoms with E-state index in [-0.39, 0.29) is 34.2 Å². The van der Waals surface area contributed by atoms with Crippen LogP contribution < -0.4 is 16.4 Å². The number of hydrogen-bond acceptors (Lipinski definition) is 8. The third-order valence-corrected chi connectivity index (χ3v) is 5.44. The first kappa shape index (κ1) is 17.1. The Morgan fingerprint density at radius 1 is 1.24 bits per heavy atom. The molecule has 0 aliphatic heterocycles. The van der Waals surface area contributed by atoms with Gasteiger partial charge in [0.05, 0.1) is 10.6 Å². The summed E-state index contributed by atoms with van der Waals surface area (Å²) in [5.41, 5.74) is 5.87. The summed E-state index contributed by atoms with van der Waals surface area (Å²) in [4.78, 5) is 15.9. The fraction of sp³-hybridized carbons (Fsp3) is 0.333. The number of nitrogens with two attached hydrogens (primary N) is 1. The summed E-state index contributed by atoms with van der Waals surface area (Å²) in [7, 11) is -3.25. The van der Waals surface area contributed by atoms with Crippen molar-refractivity contribution in [2.75, 3.05) is 16.4 Å². The third-order valence-electron chi connectivity index (χ3n) is 3.69. The molecule has 9 nitrogen and oxygen atoms in total. The van der Waals surface area contributed by atoms with Gasteiger partial charge in [0.2, 0.25) is 5.95 Å². The average molecular weight is 362 g/mol. The Kier molecular flexibility index (Phi) is 4.53. The molecule has 1 saturated carbocycles. The highest BCUT2D eigenvalue weighted by molar-refractivity contribution is 7.91. The van der Waals surface area contributed by atoms with Gasteiger partial charge in [-0.15, -0.1) is 10.2 Å². The lowest BCUT2D eigenvalue weighted by Crippen LogP contribution is -2.20. The number of rotatable bonds is 7. The number of primary amides is 1. The fourth-order valence-corrected chi connectivity index (χ4v) is 2.99. The second-order valence-electron chi connectivity index (χ2n) is 5.67. The minimum absolute atomic E-state index is 0.0122. The van der Waals surface area contributed by atoms with Crippen LogP contribution in [-0.2, 0) is 9.84 Å². The summed E-state index contributed by atoms with van der Waals surface area (Å²) in [6.45, 7) is 1.59. The molecular formula is C15H18N6O3S. The molecule has 1 aliphatic carbocycles.